The molecule has 1 saturated heterocycles. The van der Waals surface area contributed by atoms with Crippen LogP contribution >= 0.6 is 0 Å². The molecule has 0 spiro atoms. The van der Waals surface area contributed by atoms with E-state index in [1.807, 2.05) is 0 Å². The maximum absolute atomic E-state index is 11.1. The maximum Gasteiger partial charge on any atom is 0.317 e. The average molecular weight is 182 g/mol. The third kappa shape index (κ3) is 1.26. The molecule has 4 heteroatoms. The molecule has 0 aromatic heterocycles. The van der Waals surface area contributed by atoms with Gasteiger partial charge in [0.2, 0.25) is 0 Å². The van der Waals surface area contributed by atoms with Crippen LogP contribution in [0.1, 0.15) is 19.3 Å². The zero-order chi connectivity index (χ0) is 9.42. The Kier molecular flexibility index (Phi) is 1.90. The molecule has 0 bridgehead atoms. The summed E-state index contributed by atoms with van der Waals surface area (Å²) in [5.41, 5.74) is 0. The molecule has 3 atom stereocenters. The van der Waals surface area contributed by atoms with E-state index in [1.165, 1.54) is 0 Å². The summed E-state index contributed by atoms with van der Waals surface area (Å²) in [6.45, 7) is 0. The second-order valence-corrected chi connectivity index (χ2v) is 3.66. The van der Waals surface area contributed by atoms with Gasteiger partial charge in [0.25, 0.3) is 0 Å². The van der Waals surface area contributed by atoms with Gasteiger partial charge in [0, 0.05) is 5.92 Å². The van der Waals surface area contributed by atoms with Crippen LogP contribution in [0.2, 0.25) is 0 Å². The summed E-state index contributed by atoms with van der Waals surface area (Å²) in [5, 5.41) is 0. The molecule has 2 aliphatic rings. The summed E-state index contributed by atoms with van der Waals surface area (Å²) < 4.78 is 4.51. The summed E-state index contributed by atoms with van der Waals surface area (Å²) in [5.74, 6) is -1.54. The molecule has 1 saturated carbocycles. The van der Waals surface area contributed by atoms with Crippen molar-refractivity contribution >= 4 is 18.2 Å². The fourth-order valence-corrected chi connectivity index (χ4v) is 2.12. The largest absolute Gasteiger partial charge is 0.393 e. The van der Waals surface area contributed by atoms with Gasteiger partial charge in [-0.2, -0.15) is 0 Å². The van der Waals surface area contributed by atoms with Crippen molar-refractivity contribution in [3.8, 4) is 0 Å². The van der Waals surface area contributed by atoms with Crippen molar-refractivity contribution in [2.24, 2.45) is 17.8 Å². The average Bonchev–Trinajstić information content (AvgIpc) is 2.42. The van der Waals surface area contributed by atoms with Crippen molar-refractivity contribution in [3.05, 3.63) is 0 Å². The highest BCUT2D eigenvalue weighted by atomic mass is 16.6. The van der Waals surface area contributed by atoms with Gasteiger partial charge in [-0.3, -0.25) is 9.59 Å². The third-order valence-electron chi connectivity index (χ3n) is 2.89. The van der Waals surface area contributed by atoms with Gasteiger partial charge in [0.1, 0.15) is 6.29 Å². The van der Waals surface area contributed by atoms with Crippen LogP contribution in [0.25, 0.3) is 0 Å². The molecule has 0 amide bonds. The number of hydrogen-bond donors (Lipinski definition) is 0. The van der Waals surface area contributed by atoms with Gasteiger partial charge in [-0.15, -0.1) is 0 Å². The normalized spacial score (nSPS) is 38.3. The standard InChI is InChI=1S/C9H10O4/c10-4-5-1-2-6-7(3-5)9(12)13-8(6)11/h4-7H,1-3H2/t5-,6?,7-/m1/s1. The van der Waals surface area contributed by atoms with Crippen molar-refractivity contribution in [1.82, 2.24) is 0 Å². The van der Waals surface area contributed by atoms with E-state index in [0.717, 1.165) is 6.29 Å². The Morgan fingerprint density at radius 3 is 2.54 bits per heavy atom. The van der Waals surface area contributed by atoms with Crippen LogP contribution in [0.5, 0.6) is 0 Å². The van der Waals surface area contributed by atoms with Crippen molar-refractivity contribution in [2.75, 3.05) is 0 Å². The fourth-order valence-electron chi connectivity index (χ4n) is 2.12. The molecule has 13 heavy (non-hydrogen) atoms. The quantitative estimate of drug-likeness (QED) is 0.332. The van der Waals surface area contributed by atoms with E-state index in [2.05, 4.69) is 4.74 Å². The number of cyclic esters (lactones) is 2. The summed E-state index contributed by atoms with van der Waals surface area (Å²) >= 11 is 0. The number of esters is 2. The Balaban J connectivity index is 2.14. The minimum Gasteiger partial charge on any atom is -0.393 e. The first-order chi connectivity index (χ1) is 6.22. The minimum absolute atomic E-state index is 0.0697. The zero-order valence-corrected chi connectivity index (χ0v) is 7.06. The maximum atomic E-state index is 11.1. The van der Waals surface area contributed by atoms with E-state index < -0.39 is 11.9 Å². The fraction of sp³-hybridized carbons (Fsp3) is 0.667. The van der Waals surface area contributed by atoms with Crippen molar-refractivity contribution in [3.63, 3.8) is 0 Å². The SMILES string of the molecule is O=C[C@@H]1CCC2C(=O)OC(=O)[C@@H]2C1. The van der Waals surface area contributed by atoms with Crippen LogP contribution in [0, 0.1) is 17.8 Å². The summed E-state index contributed by atoms with van der Waals surface area (Å²) in [6.07, 6.45) is 2.66. The van der Waals surface area contributed by atoms with E-state index in [1.54, 1.807) is 0 Å². The van der Waals surface area contributed by atoms with E-state index in [0.29, 0.717) is 19.3 Å². The van der Waals surface area contributed by atoms with Crippen LogP contribution in [0.15, 0.2) is 0 Å². The lowest BCUT2D eigenvalue weighted by atomic mass is 9.76. The van der Waals surface area contributed by atoms with Crippen molar-refractivity contribution in [2.45, 2.75) is 19.3 Å². The van der Waals surface area contributed by atoms with E-state index in [9.17, 15) is 14.4 Å². The van der Waals surface area contributed by atoms with Gasteiger partial charge in [-0.1, -0.05) is 0 Å². The monoisotopic (exact) mass is 182 g/mol. The molecule has 2 rings (SSSR count). The molecule has 1 heterocycles. The number of rotatable bonds is 1. The topological polar surface area (TPSA) is 60.4 Å². The number of hydrogen-bond acceptors (Lipinski definition) is 4. The molecule has 4 nitrogen and oxygen atoms in total. The van der Waals surface area contributed by atoms with Crippen LogP contribution in [0.3, 0.4) is 0 Å². The Morgan fingerprint density at radius 2 is 1.85 bits per heavy atom. The number of aldehydes is 1. The summed E-state index contributed by atoms with van der Waals surface area (Å²) in [4.78, 5) is 32.7. The number of fused-ring (bicyclic) bond motifs is 1. The van der Waals surface area contributed by atoms with Crippen LogP contribution in [0.4, 0.5) is 0 Å². The highest BCUT2D eigenvalue weighted by molar-refractivity contribution is 5.96. The predicted molar refractivity (Wildman–Crippen MR) is 41.5 cm³/mol. The molecule has 0 N–H and O–H groups in total. The van der Waals surface area contributed by atoms with Crippen LogP contribution < -0.4 is 0 Å². The van der Waals surface area contributed by atoms with Gasteiger partial charge in [-0.05, 0) is 19.3 Å². The molecule has 0 aromatic rings. The molecule has 1 aliphatic heterocycles. The van der Waals surface area contributed by atoms with Gasteiger partial charge < -0.3 is 9.53 Å². The first kappa shape index (κ1) is 8.41. The number of ether oxygens (including phenoxy) is 1. The van der Waals surface area contributed by atoms with Crippen LogP contribution in [-0.2, 0) is 19.1 Å². The molecule has 70 valence electrons. The zero-order valence-electron chi connectivity index (χ0n) is 7.06. The number of carbonyl (C=O) groups is 3. The Labute approximate surface area is 75.2 Å². The highest BCUT2D eigenvalue weighted by Gasteiger charge is 2.47. The molecule has 0 radical (unpaired) electrons. The van der Waals surface area contributed by atoms with Crippen molar-refractivity contribution in [1.29, 1.82) is 0 Å². The van der Waals surface area contributed by atoms with Gasteiger partial charge in [-0.25, -0.2) is 0 Å². The first-order valence-corrected chi connectivity index (χ1v) is 4.43. The Morgan fingerprint density at radius 1 is 1.15 bits per heavy atom. The number of carbonyl (C=O) groups excluding carboxylic acids is 3. The molecular weight excluding hydrogens is 172 g/mol. The summed E-state index contributed by atoms with van der Waals surface area (Å²) in [7, 11) is 0. The van der Waals surface area contributed by atoms with E-state index in [4.69, 9.17) is 0 Å². The molecule has 1 unspecified atom stereocenters. The smallest absolute Gasteiger partial charge is 0.317 e. The van der Waals surface area contributed by atoms with E-state index >= 15 is 0 Å². The lowest BCUT2D eigenvalue weighted by Crippen LogP contribution is -2.27. The third-order valence-corrected chi connectivity index (χ3v) is 2.89. The molecule has 1 aliphatic carbocycles. The lowest BCUT2D eigenvalue weighted by molar-refractivity contribution is -0.153. The van der Waals surface area contributed by atoms with Gasteiger partial charge in [0.15, 0.2) is 0 Å². The minimum atomic E-state index is -0.443. The second kappa shape index (κ2) is 2.94. The first-order valence-electron chi connectivity index (χ1n) is 4.43. The molecule has 0 aromatic carbocycles. The highest BCUT2D eigenvalue weighted by Crippen LogP contribution is 2.38. The Bertz CT molecular complexity index is 271. The lowest BCUT2D eigenvalue weighted by Gasteiger charge is -2.23. The molecular formula is C9H10O4. The Hall–Kier alpha value is -1.19. The molecule has 2 fully saturated rings. The summed E-state index contributed by atoms with van der Waals surface area (Å²) in [6, 6.07) is 0. The van der Waals surface area contributed by atoms with Crippen LogP contribution in [-0.4, -0.2) is 18.2 Å². The second-order valence-electron chi connectivity index (χ2n) is 3.66. The van der Waals surface area contributed by atoms with Crippen molar-refractivity contribution < 1.29 is 19.1 Å². The van der Waals surface area contributed by atoms with Gasteiger partial charge >= 0.3 is 11.9 Å². The van der Waals surface area contributed by atoms with E-state index in [-0.39, 0.29) is 17.8 Å². The predicted octanol–water partition coefficient (Wildman–Crippen LogP) is 0.301. The van der Waals surface area contributed by atoms with Gasteiger partial charge in [0.05, 0.1) is 11.8 Å².